The fraction of sp³-hybridized carbons (Fsp3) is 0.375. The third kappa shape index (κ3) is 3.77. The van der Waals surface area contributed by atoms with Crippen molar-refractivity contribution in [2.75, 3.05) is 19.8 Å². The van der Waals surface area contributed by atoms with Gasteiger partial charge < -0.3 is 15.2 Å². The van der Waals surface area contributed by atoms with Gasteiger partial charge in [-0.15, -0.1) is 0 Å². The Bertz CT molecular complexity index is 713. The highest BCUT2D eigenvalue weighted by molar-refractivity contribution is 5.95. The van der Waals surface area contributed by atoms with Crippen LogP contribution in [0.3, 0.4) is 0 Å². The van der Waals surface area contributed by atoms with Crippen molar-refractivity contribution in [1.82, 2.24) is 10.2 Å². The topological polar surface area (TPSA) is 122 Å². The van der Waals surface area contributed by atoms with Crippen LogP contribution in [0, 0.1) is 10.1 Å². The fourth-order valence-electron chi connectivity index (χ4n) is 2.66. The number of nitrogens with one attached hydrogen (secondary N) is 1. The van der Waals surface area contributed by atoms with Crippen LogP contribution in [0.1, 0.15) is 25.5 Å². The molecule has 0 bridgehead atoms. The number of rotatable bonds is 6. The summed E-state index contributed by atoms with van der Waals surface area (Å²) in [6.07, 6.45) is 0. The molecule has 9 heteroatoms. The standard InChI is InChI=1S/C16H19N3O6/c1-3-25-15(21)13-10(2)18(8-9-20)16(22)17-14(13)11-4-6-12(7-5-11)19(23)24/h4-7,14,20H,3,8-9H2,1-2H3,(H,17,22). The molecule has 2 rings (SSSR count). The summed E-state index contributed by atoms with van der Waals surface area (Å²) in [6, 6.07) is 4.32. The Morgan fingerprint density at radius 1 is 1.40 bits per heavy atom. The minimum atomic E-state index is -0.790. The first-order chi connectivity index (χ1) is 11.9. The Morgan fingerprint density at radius 2 is 2.04 bits per heavy atom. The molecular formula is C16H19N3O6. The Labute approximate surface area is 144 Å². The number of nitro benzene ring substituents is 1. The first-order valence-electron chi connectivity index (χ1n) is 7.71. The van der Waals surface area contributed by atoms with Crippen molar-refractivity contribution in [3.8, 4) is 0 Å². The van der Waals surface area contributed by atoms with Crippen molar-refractivity contribution in [3.63, 3.8) is 0 Å². The van der Waals surface area contributed by atoms with Gasteiger partial charge in [0.25, 0.3) is 5.69 Å². The number of esters is 1. The number of ether oxygens (including phenoxy) is 1. The zero-order chi connectivity index (χ0) is 18.6. The van der Waals surface area contributed by atoms with E-state index in [-0.39, 0.29) is 31.0 Å². The number of carbonyl (C=O) groups is 2. The lowest BCUT2D eigenvalue weighted by Gasteiger charge is -2.35. The van der Waals surface area contributed by atoms with Crippen LogP contribution in [-0.2, 0) is 9.53 Å². The van der Waals surface area contributed by atoms with Crippen molar-refractivity contribution in [2.24, 2.45) is 0 Å². The number of nitrogens with zero attached hydrogens (tertiary/aromatic N) is 2. The second-order valence-electron chi connectivity index (χ2n) is 5.33. The van der Waals surface area contributed by atoms with E-state index >= 15 is 0 Å². The van der Waals surface area contributed by atoms with E-state index in [1.165, 1.54) is 29.2 Å². The smallest absolute Gasteiger partial charge is 0.338 e. The van der Waals surface area contributed by atoms with Gasteiger partial charge in [-0.05, 0) is 31.5 Å². The largest absolute Gasteiger partial charge is 0.463 e. The molecule has 1 aliphatic heterocycles. The van der Waals surface area contributed by atoms with E-state index in [0.29, 0.717) is 11.3 Å². The van der Waals surface area contributed by atoms with Gasteiger partial charge in [0.05, 0.1) is 36.3 Å². The third-order valence-corrected chi connectivity index (χ3v) is 3.85. The molecule has 1 aromatic carbocycles. The molecule has 2 N–H and O–H groups in total. The number of aliphatic hydroxyl groups excluding tert-OH is 1. The maximum Gasteiger partial charge on any atom is 0.338 e. The molecule has 0 saturated carbocycles. The summed E-state index contributed by atoms with van der Waals surface area (Å²) in [5, 5.41) is 22.6. The number of hydrogen-bond acceptors (Lipinski definition) is 6. The number of aliphatic hydroxyl groups is 1. The summed E-state index contributed by atoms with van der Waals surface area (Å²) in [5.41, 5.74) is 1.03. The lowest BCUT2D eigenvalue weighted by Crippen LogP contribution is -2.48. The predicted molar refractivity (Wildman–Crippen MR) is 87.5 cm³/mol. The maximum absolute atomic E-state index is 12.4. The van der Waals surface area contributed by atoms with Crippen molar-refractivity contribution in [2.45, 2.75) is 19.9 Å². The highest BCUT2D eigenvalue weighted by Gasteiger charge is 2.36. The fourth-order valence-corrected chi connectivity index (χ4v) is 2.66. The lowest BCUT2D eigenvalue weighted by molar-refractivity contribution is -0.384. The van der Waals surface area contributed by atoms with Crippen molar-refractivity contribution in [3.05, 3.63) is 51.2 Å². The second-order valence-corrected chi connectivity index (χ2v) is 5.33. The molecule has 0 fully saturated rings. The van der Waals surface area contributed by atoms with Crippen molar-refractivity contribution >= 4 is 17.7 Å². The molecule has 0 spiro atoms. The molecule has 134 valence electrons. The van der Waals surface area contributed by atoms with Crippen molar-refractivity contribution < 1.29 is 24.4 Å². The highest BCUT2D eigenvalue weighted by atomic mass is 16.6. The van der Waals surface area contributed by atoms with Gasteiger partial charge in [0.15, 0.2) is 0 Å². The molecule has 0 aromatic heterocycles. The van der Waals surface area contributed by atoms with Gasteiger partial charge in [-0.1, -0.05) is 0 Å². The Morgan fingerprint density at radius 3 is 2.56 bits per heavy atom. The van der Waals surface area contributed by atoms with E-state index in [0.717, 1.165) is 0 Å². The Hall–Kier alpha value is -2.94. The van der Waals surface area contributed by atoms with E-state index in [4.69, 9.17) is 9.84 Å². The zero-order valence-corrected chi connectivity index (χ0v) is 13.9. The molecule has 0 radical (unpaired) electrons. The molecule has 25 heavy (non-hydrogen) atoms. The van der Waals surface area contributed by atoms with E-state index in [1.54, 1.807) is 13.8 Å². The monoisotopic (exact) mass is 349 g/mol. The molecule has 0 aliphatic carbocycles. The third-order valence-electron chi connectivity index (χ3n) is 3.85. The Balaban J connectivity index is 2.48. The van der Waals surface area contributed by atoms with Crippen LogP contribution in [-0.4, -0.2) is 46.7 Å². The molecule has 1 heterocycles. The SMILES string of the molecule is CCOC(=O)C1=C(C)N(CCO)C(=O)NC1c1ccc([N+](=O)[O-])cc1. The van der Waals surface area contributed by atoms with Crippen molar-refractivity contribution in [1.29, 1.82) is 0 Å². The van der Waals surface area contributed by atoms with Crippen LogP contribution < -0.4 is 5.32 Å². The highest BCUT2D eigenvalue weighted by Crippen LogP contribution is 2.32. The van der Waals surface area contributed by atoms with Gasteiger partial charge in [-0.25, -0.2) is 9.59 Å². The van der Waals surface area contributed by atoms with E-state index in [1.807, 2.05) is 0 Å². The van der Waals surface area contributed by atoms with E-state index in [9.17, 15) is 19.7 Å². The molecule has 1 aromatic rings. The normalized spacial score (nSPS) is 17.3. The molecule has 2 amide bonds. The second kappa shape index (κ2) is 7.75. The lowest BCUT2D eigenvalue weighted by atomic mass is 9.94. The van der Waals surface area contributed by atoms with E-state index in [2.05, 4.69) is 5.32 Å². The van der Waals surface area contributed by atoms with Crippen LogP contribution in [0.25, 0.3) is 0 Å². The van der Waals surface area contributed by atoms with Gasteiger partial charge in [0.2, 0.25) is 0 Å². The summed E-state index contributed by atoms with van der Waals surface area (Å²) >= 11 is 0. The number of benzene rings is 1. The van der Waals surface area contributed by atoms with Crippen LogP contribution >= 0.6 is 0 Å². The summed E-state index contributed by atoms with van der Waals surface area (Å²) in [5.74, 6) is -0.591. The van der Waals surface area contributed by atoms with Gasteiger partial charge in [0.1, 0.15) is 0 Å². The number of carbonyl (C=O) groups excluding carboxylic acids is 2. The van der Waals surface area contributed by atoms with Crippen LogP contribution in [0.2, 0.25) is 0 Å². The minimum absolute atomic E-state index is 0.0353. The summed E-state index contributed by atoms with van der Waals surface area (Å²) in [4.78, 5) is 36.2. The average molecular weight is 349 g/mol. The van der Waals surface area contributed by atoms with Crippen LogP contribution in [0.5, 0.6) is 0 Å². The summed E-state index contributed by atoms with van der Waals surface area (Å²) in [6.45, 7) is 3.20. The molecular weight excluding hydrogens is 330 g/mol. The van der Waals surface area contributed by atoms with Crippen LogP contribution in [0.15, 0.2) is 35.5 Å². The van der Waals surface area contributed by atoms with Gasteiger partial charge in [0, 0.05) is 17.8 Å². The summed E-state index contributed by atoms with van der Waals surface area (Å²) in [7, 11) is 0. The zero-order valence-electron chi connectivity index (χ0n) is 13.9. The molecule has 1 aliphatic rings. The number of hydrogen-bond donors (Lipinski definition) is 2. The van der Waals surface area contributed by atoms with E-state index < -0.39 is 23.0 Å². The average Bonchev–Trinajstić information content (AvgIpc) is 2.58. The van der Waals surface area contributed by atoms with Gasteiger partial charge in [-0.2, -0.15) is 0 Å². The minimum Gasteiger partial charge on any atom is -0.463 e. The number of amides is 2. The summed E-state index contributed by atoms with van der Waals surface area (Å²) < 4.78 is 5.08. The number of nitro groups is 1. The number of urea groups is 1. The molecule has 1 unspecified atom stereocenters. The number of β-amino-alcohol motifs (C(OH)–C–C–N with tert-alkyl or cyclic N) is 1. The van der Waals surface area contributed by atoms with Crippen LogP contribution in [0.4, 0.5) is 10.5 Å². The number of allylic oxidation sites excluding steroid dienone is 1. The maximum atomic E-state index is 12.4. The first kappa shape index (κ1) is 18.4. The predicted octanol–water partition coefficient (Wildman–Crippen LogP) is 1.49. The van der Waals surface area contributed by atoms with Gasteiger partial charge >= 0.3 is 12.0 Å². The first-order valence-corrected chi connectivity index (χ1v) is 7.71. The Kier molecular flexibility index (Phi) is 5.71. The number of non-ortho nitro benzene ring substituents is 1. The quantitative estimate of drug-likeness (QED) is 0.456. The molecule has 1 atom stereocenters. The van der Waals surface area contributed by atoms with Gasteiger partial charge in [-0.3, -0.25) is 15.0 Å². The molecule has 9 nitrogen and oxygen atoms in total. The molecule has 0 saturated heterocycles.